The van der Waals surface area contributed by atoms with Crippen LogP contribution in [0.5, 0.6) is 0 Å². The van der Waals surface area contributed by atoms with Crippen LogP contribution >= 0.6 is 71.8 Å². The molecule has 6 rings (SSSR count). The summed E-state index contributed by atoms with van der Waals surface area (Å²) in [6.45, 7) is 19.6. The van der Waals surface area contributed by atoms with Crippen LogP contribution in [0.4, 0.5) is 40.2 Å². The van der Waals surface area contributed by atoms with Crippen molar-refractivity contribution in [2.45, 2.75) is 143 Å². The van der Waals surface area contributed by atoms with Gasteiger partial charge in [0.25, 0.3) is 0 Å². The van der Waals surface area contributed by atoms with E-state index in [0.717, 1.165) is 41.8 Å². The summed E-state index contributed by atoms with van der Waals surface area (Å²) in [5.74, 6) is -0.446. The lowest BCUT2D eigenvalue weighted by Gasteiger charge is -2.27. The molecule has 0 unspecified atom stereocenters. The highest BCUT2D eigenvalue weighted by molar-refractivity contribution is 9.11. The summed E-state index contributed by atoms with van der Waals surface area (Å²) in [5.41, 5.74) is 7.85. The number of rotatable bonds is 6. The van der Waals surface area contributed by atoms with Gasteiger partial charge in [0.2, 0.25) is 11.8 Å². The second-order valence-corrected chi connectivity index (χ2v) is 22.5. The molecular formula is C49H70Br3Cl2F3N10O8. The molecule has 0 aliphatic carbocycles. The van der Waals surface area contributed by atoms with Crippen LogP contribution < -0.4 is 21.7 Å². The molecule has 6 atom stereocenters. The largest absolute Gasteiger partial charge is 0.480 e. The Balaban J connectivity index is 0.000000492. The summed E-state index contributed by atoms with van der Waals surface area (Å²) in [7, 11) is 3.85. The minimum absolute atomic E-state index is 0. The van der Waals surface area contributed by atoms with E-state index in [-0.39, 0.29) is 57.2 Å². The summed E-state index contributed by atoms with van der Waals surface area (Å²) in [6.07, 6.45) is -4.98. The predicted octanol–water partition coefficient (Wildman–Crippen LogP) is 10.8. The number of pyridine rings is 3. The summed E-state index contributed by atoms with van der Waals surface area (Å²) in [6, 6.07) is 8.49. The van der Waals surface area contributed by atoms with Gasteiger partial charge in [0, 0.05) is 39.9 Å². The number of nitrogens with zero attached hydrogens (tertiary/aromatic N) is 6. The zero-order chi connectivity index (χ0) is 56.6. The third-order valence-corrected chi connectivity index (χ3v) is 12.3. The highest BCUT2D eigenvalue weighted by Gasteiger charge is 2.43. The molecular weight excluding hydrogens is 1220 g/mol. The first-order chi connectivity index (χ1) is 34.1. The van der Waals surface area contributed by atoms with Gasteiger partial charge in [-0.1, -0.05) is 29.8 Å². The number of likely N-dealkylation sites (tertiary alicyclic amines) is 2. The second kappa shape index (κ2) is 31.0. The fourth-order valence-corrected chi connectivity index (χ4v) is 7.56. The zero-order valence-corrected chi connectivity index (χ0v) is 50.6. The van der Waals surface area contributed by atoms with Gasteiger partial charge in [-0.3, -0.25) is 19.4 Å². The normalized spacial score (nSPS) is 19.6. The smallest absolute Gasteiger partial charge is 0.411 e. The molecule has 420 valence electrons. The molecule has 26 heteroatoms. The third-order valence-electron chi connectivity index (χ3n) is 10.3. The van der Waals surface area contributed by atoms with E-state index in [9.17, 15) is 37.1 Å². The van der Waals surface area contributed by atoms with E-state index in [4.69, 9.17) is 31.9 Å². The number of nitrogens with two attached hydrogens (primary N) is 1. The van der Waals surface area contributed by atoms with Gasteiger partial charge >= 0.3 is 18.2 Å². The molecule has 0 radical (unpaired) electrons. The van der Waals surface area contributed by atoms with Crippen LogP contribution in [0.1, 0.15) is 91.3 Å². The Morgan fingerprint density at radius 3 is 1.45 bits per heavy atom. The van der Waals surface area contributed by atoms with E-state index in [2.05, 4.69) is 78.7 Å². The summed E-state index contributed by atoms with van der Waals surface area (Å²) in [4.78, 5) is 75.3. The number of anilines is 3. The van der Waals surface area contributed by atoms with E-state index in [1.54, 1.807) is 66.7 Å². The number of carbonyl (C=O) groups excluding carboxylic acids is 4. The first kappa shape index (κ1) is 68.5. The lowest BCUT2D eigenvalue weighted by molar-refractivity contribution is -0.142. The first-order valence-corrected chi connectivity index (χ1v) is 26.0. The van der Waals surface area contributed by atoms with Gasteiger partial charge in [0.05, 0.1) is 19.1 Å². The topological polar surface area (TPSA) is 235 Å². The molecule has 3 aliphatic rings. The number of carbonyl (C=O) groups is 5. The van der Waals surface area contributed by atoms with Crippen molar-refractivity contribution in [1.29, 1.82) is 0 Å². The van der Waals surface area contributed by atoms with Crippen molar-refractivity contribution >= 4 is 119 Å². The van der Waals surface area contributed by atoms with Crippen LogP contribution in [0.2, 0.25) is 0 Å². The van der Waals surface area contributed by atoms with E-state index >= 15 is 0 Å². The van der Waals surface area contributed by atoms with E-state index in [0.29, 0.717) is 26.7 Å². The highest BCUT2D eigenvalue weighted by atomic mass is 79.9. The predicted molar refractivity (Wildman–Crippen MR) is 298 cm³/mol. The lowest BCUT2D eigenvalue weighted by atomic mass is 10.2. The van der Waals surface area contributed by atoms with Crippen molar-refractivity contribution in [3.8, 4) is 0 Å². The van der Waals surface area contributed by atoms with Crippen molar-refractivity contribution in [2.75, 3.05) is 50.1 Å². The number of hydrogen-bond acceptors (Lipinski definition) is 13. The van der Waals surface area contributed by atoms with Crippen LogP contribution in [-0.2, 0) is 23.9 Å². The monoisotopic (exact) mass is 1290 g/mol. The molecule has 6 heterocycles. The number of aromatic nitrogens is 3. The number of carboxylic acids is 1. The maximum absolute atomic E-state index is 13.8. The Hall–Kier alpha value is -4.49. The van der Waals surface area contributed by atoms with Gasteiger partial charge in [-0.15, -0.1) is 12.4 Å². The first-order valence-electron chi connectivity index (χ1n) is 23.2. The molecule has 4 amide bonds. The van der Waals surface area contributed by atoms with Gasteiger partial charge in [-0.25, -0.2) is 42.5 Å². The number of aryl methyl sites for hydroxylation is 3. The molecule has 0 saturated carbocycles. The Morgan fingerprint density at radius 1 is 0.707 bits per heavy atom. The van der Waals surface area contributed by atoms with Crippen LogP contribution in [0, 0.1) is 20.8 Å². The molecule has 3 saturated heterocycles. The van der Waals surface area contributed by atoms with Crippen LogP contribution in [0.25, 0.3) is 0 Å². The Morgan fingerprint density at radius 2 is 1.11 bits per heavy atom. The average Bonchev–Trinajstić information content (AvgIpc) is 4.02. The van der Waals surface area contributed by atoms with Crippen molar-refractivity contribution in [1.82, 2.24) is 35.0 Å². The van der Waals surface area contributed by atoms with Gasteiger partial charge in [-0.05, 0) is 164 Å². The van der Waals surface area contributed by atoms with Crippen molar-refractivity contribution < 1.29 is 51.7 Å². The number of alkyl halides is 3. The number of carboxylic acid groups (broad SMARTS) is 1. The van der Waals surface area contributed by atoms with Crippen molar-refractivity contribution in [3.63, 3.8) is 0 Å². The van der Waals surface area contributed by atoms with Crippen LogP contribution in [-0.4, -0.2) is 146 Å². The summed E-state index contributed by atoms with van der Waals surface area (Å²) < 4.78 is 52.1. The van der Waals surface area contributed by atoms with Crippen LogP contribution in [0.3, 0.4) is 0 Å². The number of aliphatic carboxylic acids is 1. The molecule has 0 spiro atoms. The number of allylic oxidation sites excluding steroid dienone is 1. The van der Waals surface area contributed by atoms with E-state index in [1.807, 2.05) is 64.9 Å². The quantitative estimate of drug-likeness (QED) is 0.114. The van der Waals surface area contributed by atoms with Gasteiger partial charge in [0.1, 0.15) is 78.2 Å². The van der Waals surface area contributed by atoms with E-state index in [1.165, 1.54) is 0 Å². The molecule has 0 aromatic carbocycles. The number of nitrogens with one attached hydrogen (secondary N) is 3. The SMILES string of the molecule is CC(C)(C)OC(=O)N1C[C@H](F)C[C@H]1C(=O)O.CC(C)=C(Cl)N(C)C.Cc1ccc(Br)nc1N.Cc1ccc(Br)nc1NC(=O)[C@@H]1C[C@@H](F)CN1.Cc1ccc(Br)nc1NC(=O)[C@@H]1C[C@@H](F)CN1C(=O)OC(C)(C)C.Cl. The zero-order valence-electron chi connectivity index (χ0n) is 44.3. The summed E-state index contributed by atoms with van der Waals surface area (Å²) >= 11 is 15.4. The number of amides is 4. The van der Waals surface area contributed by atoms with Gasteiger partial charge < -0.3 is 41.2 Å². The van der Waals surface area contributed by atoms with Crippen molar-refractivity contribution in [3.05, 3.63) is 77.6 Å². The summed E-state index contributed by atoms with van der Waals surface area (Å²) in [5, 5.41) is 17.9. The molecule has 75 heavy (non-hydrogen) atoms. The number of hydrogen-bond donors (Lipinski definition) is 5. The van der Waals surface area contributed by atoms with E-state index < -0.39 is 71.9 Å². The minimum atomic E-state index is -1.30. The lowest BCUT2D eigenvalue weighted by Crippen LogP contribution is -2.45. The highest BCUT2D eigenvalue weighted by Crippen LogP contribution is 2.27. The minimum Gasteiger partial charge on any atom is -0.480 e. The molecule has 0 bridgehead atoms. The second-order valence-electron chi connectivity index (χ2n) is 19.7. The molecule has 3 aromatic rings. The van der Waals surface area contributed by atoms with Gasteiger partial charge in [-0.2, -0.15) is 0 Å². The molecule has 3 aliphatic heterocycles. The Labute approximate surface area is 474 Å². The standard InChI is InChI=1S/C16H21BrFN3O3.C11H13BrFN3O.C10H16FNO4.C6H7BrN2.C6H12ClN.ClH/c1-9-5-6-12(17)19-13(9)20-14(22)11-7-10(18)8-21(11)15(23)24-16(2,3)4;1-6-2-3-9(12)15-10(6)16-11(17)8-4-7(13)5-14-8;1-10(2,3)16-9(15)12-5-6(11)4-7(12)8(13)14;1-4-2-3-5(7)9-6(4)8;1-5(2)6(7)8(3)4;/h5-6,10-11H,7-8H2,1-4H3,(H,19,20,22);2-3,7-8,14H,4-5H2,1H3,(H,15,16,17);6-7H,4-5H2,1-3H3,(H,13,14);2-3H,1H3,(H2,8,9);1-4H3;1H/t10-,11+;7-,8+;6-,7+;;;/m111.../s1. The fraction of sp³-hybridized carbons (Fsp3) is 0.551. The average molecular weight is 1290 g/mol. The maximum Gasteiger partial charge on any atom is 0.411 e. The Kier molecular flexibility index (Phi) is 28.4. The molecule has 3 aromatic heterocycles. The fourth-order valence-electron chi connectivity index (χ4n) is 6.62. The third kappa shape index (κ3) is 24.6. The number of nitrogen functional groups attached to an aromatic ring is 1. The van der Waals surface area contributed by atoms with Crippen molar-refractivity contribution in [2.24, 2.45) is 0 Å². The van der Waals surface area contributed by atoms with Gasteiger partial charge in [0.15, 0.2) is 0 Å². The molecule has 6 N–H and O–H groups in total. The maximum atomic E-state index is 13.8. The van der Waals surface area contributed by atoms with Crippen LogP contribution in [0.15, 0.2) is 60.9 Å². The number of ether oxygens (including phenoxy) is 2. The molecule has 3 fully saturated rings. The Bertz CT molecular complexity index is 2450. The number of halogens is 8. The molecule has 18 nitrogen and oxygen atoms in total.